The van der Waals surface area contributed by atoms with Gasteiger partial charge in [-0.25, -0.2) is 4.98 Å². The molecule has 1 spiro atoms. The van der Waals surface area contributed by atoms with Crippen LogP contribution in [0.15, 0.2) is 212 Å². The van der Waals surface area contributed by atoms with Crippen LogP contribution in [0, 0.1) is 19.2 Å². The van der Waals surface area contributed by atoms with Gasteiger partial charge in [-0.2, -0.15) is 6.07 Å². The average molecular weight is 1150 g/mol. The van der Waals surface area contributed by atoms with Gasteiger partial charge in [-0.3, -0.25) is 7.05 Å². The Morgan fingerprint density at radius 2 is 1.19 bits per heavy atom. The van der Waals surface area contributed by atoms with Gasteiger partial charge in [0.25, 0.3) is 0 Å². The van der Waals surface area contributed by atoms with Gasteiger partial charge in [-0.15, -0.1) is 40.9 Å². The first kappa shape index (κ1) is 47.3. The van der Waals surface area contributed by atoms with Gasteiger partial charge in [0.1, 0.15) is 5.82 Å². The van der Waals surface area contributed by atoms with E-state index in [1.807, 2.05) is 30.5 Å². The molecule has 0 atom stereocenters. The van der Waals surface area contributed by atoms with E-state index in [9.17, 15) is 0 Å². The van der Waals surface area contributed by atoms with Crippen molar-refractivity contribution in [1.29, 1.82) is 0 Å². The average Bonchev–Trinajstić information content (AvgIpc) is 3.94. The van der Waals surface area contributed by atoms with Crippen molar-refractivity contribution in [2.24, 2.45) is 0 Å². The van der Waals surface area contributed by atoms with Crippen molar-refractivity contribution in [3.63, 3.8) is 0 Å². The number of para-hydroxylation sites is 3. The quantitative estimate of drug-likeness (QED) is 0.116. The third-order valence-corrected chi connectivity index (χ3v) is 20.3. The number of anilines is 4. The van der Waals surface area contributed by atoms with Crippen LogP contribution in [-0.2, 0) is 31.9 Å². The van der Waals surface area contributed by atoms with E-state index in [4.69, 9.17) is 16.8 Å². The Balaban J connectivity index is 0.00000556. The Labute approximate surface area is 449 Å². The first-order chi connectivity index (χ1) is 35.5. The van der Waals surface area contributed by atoms with Crippen LogP contribution in [0.3, 0.4) is 0 Å². The Morgan fingerprint density at radius 1 is 0.595 bits per heavy atom. The molecule has 0 aliphatic carbocycles. The van der Waals surface area contributed by atoms with Crippen LogP contribution in [0.25, 0.3) is 49.9 Å². The van der Waals surface area contributed by atoms with E-state index in [1.54, 1.807) is 0 Å². The second kappa shape index (κ2) is 18.0. The number of ether oxygens (including phenoxy) is 1. The van der Waals surface area contributed by atoms with Crippen LogP contribution in [0.4, 0.5) is 22.7 Å². The van der Waals surface area contributed by atoms with Crippen molar-refractivity contribution >= 4 is 73.4 Å². The zero-order valence-corrected chi connectivity index (χ0v) is 45.3. The van der Waals surface area contributed by atoms with E-state index in [-0.39, 0.29) is 31.9 Å². The van der Waals surface area contributed by atoms with E-state index >= 15 is 0 Å². The normalized spacial score (nSPS) is 13.6. The molecule has 0 amide bonds. The summed E-state index contributed by atoms with van der Waals surface area (Å²) in [7, 11) is 1.81. The molecule has 0 saturated carbocycles. The van der Waals surface area contributed by atoms with Gasteiger partial charge >= 0.3 is 0 Å². The maximum absolute atomic E-state index is 7.10. The van der Waals surface area contributed by atoms with Crippen molar-refractivity contribution in [2.45, 2.75) is 45.4 Å². The molecule has 0 radical (unpaired) electrons. The summed E-state index contributed by atoms with van der Waals surface area (Å²) in [4.78, 5) is 7.13. The van der Waals surface area contributed by atoms with E-state index in [0.717, 1.165) is 61.9 Å². The fourth-order valence-corrected chi connectivity index (χ4v) is 18.0. The molecule has 7 heteroatoms. The third kappa shape index (κ3) is 7.33. The Hall–Kier alpha value is -7.76. The predicted molar refractivity (Wildman–Crippen MR) is 305 cm³/mol. The summed E-state index contributed by atoms with van der Waals surface area (Å²) >= 11 is 0. The molecule has 2 aliphatic heterocycles. The smallest absolute Gasteiger partial charge is 0.156 e. The number of nitrogens with zero attached hydrogens (tertiary/aromatic N) is 3. The zero-order chi connectivity index (χ0) is 49.6. The fourth-order valence-electron chi connectivity index (χ4n) is 12.0. The largest absolute Gasteiger partial charge is 0.509 e. The number of hydrogen-bond donors (Lipinski definition) is 1. The molecule has 9 aromatic carbocycles. The van der Waals surface area contributed by atoms with Crippen LogP contribution >= 0.6 is 0 Å². The van der Waals surface area contributed by atoms with Crippen LogP contribution in [0.1, 0.15) is 51.3 Å². The molecule has 2 aliphatic rings. The molecule has 74 heavy (non-hydrogen) atoms. The number of hydrogen-bond acceptors (Lipinski definition) is 4. The van der Waals surface area contributed by atoms with E-state index in [2.05, 4.69) is 244 Å². The summed E-state index contributed by atoms with van der Waals surface area (Å²) < 4.78 is 9.41. The molecule has 0 unspecified atom stereocenters. The van der Waals surface area contributed by atoms with Gasteiger partial charge in [-0.1, -0.05) is 197 Å². The maximum atomic E-state index is 7.10. The van der Waals surface area contributed by atoms with E-state index < -0.39 is 8.07 Å². The minimum atomic E-state index is -2.94. The fraction of sp³-hybridized carbons (Fsp3) is 0.104. The molecule has 0 bridgehead atoms. The Bertz CT molecular complexity index is 3860. The predicted octanol–water partition coefficient (Wildman–Crippen LogP) is 14.2. The minimum absolute atomic E-state index is 0. The number of aromatic nitrogens is 2. The van der Waals surface area contributed by atoms with Gasteiger partial charge in [-0.05, 0) is 84.5 Å². The molecule has 0 saturated heterocycles. The summed E-state index contributed by atoms with van der Waals surface area (Å²) in [5, 5.41) is 11.8. The monoisotopic (exact) mass is 1150 g/mol. The van der Waals surface area contributed by atoms with Crippen LogP contribution in [-0.4, -0.2) is 17.6 Å². The van der Waals surface area contributed by atoms with Crippen molar-refractivity contribution in [3.8, 4) is 39.6 Å². The first-order valence-corrected chi connectivity index (χ1v) is 27.1. The number of pyridine rings is 1. The summed E-state index contributed by atoms with van der Waals surface area (Å²) in [5.74, 6) is 2.07. The molecule has 1 N–H and O–H groups in total. The van der Waals surface area contributed by atoms with E-state index in [0.29, 0.717) is 11.5 Å². The number of benzene rings is 9. The van der Waals surface area contributed by atoms with E-state index in [1.165, 1.54) is 48.2 Å². The van der Waals surface area contributed by atoms with Gasteiger partial charge in [0, 0.05) is 72.2 Å². The maximum Gasteiger partial charge on any atom is 0.156 e. The molecule has 11 aromatic rings. The van der Waals surface area contributed by atoms with Gasteiger partial charge < -0.3 is 19.5 Å². The summed E-state index contributed by atoms with van der Waals surface area (Å²) in [6.45, 7) is 11.5. The molecule has 4 heterocycles. The van der Waals surface area contributed by atoms with Crippen LogP contribution < -0.4 is 35.7 Å². The zero-order valence-electron chi connectivity index (χ0n) is 42.0. The van der Waals surface area contributed by atoms with Crippen LogP contribution in [0.2, 0.25) is 0 Å². The molecule has 13 rings (SSSR count). The molecule has 364 valence electrons. The molecule has 2 aromatic heterocycles. The number of fused-ring (bicyclic) bond motifs is 6. The van der Waals surface area contributed by atoms with Crippen molar-refractivity contribution in [1.82, 2.24) is 9.55 Å². The topological polar surface area (TPSA) is 42.3 Å². The Kier molecular flexibility index (Phi) is 11.5. The summed E-state index contributed by atoms with van der Waals surface area (Å²) in [6, 6.07) is 81.4. The SMILES string of the molecule is [CH2-]N(c1ccccc1Nc1[c-]c(Oc2[c-]c3c4c(c2)[Si]2(c5ccccc5C(C)(C)c5ccccc52)c2cccc(c24)n3-c2cc(C(C)(C)C)ccn2)ccc1)c1c(-c2ccccc2)cccc1-c1ccccc1.[Pt]. The van der Waals surface area contributed by atoms with Gasteiger partial charge in [0.15, 0.2) is 8.07 Å². The summed E-state index contributed by atoms with van der Waals surface area (Å²) in [5.41, 5.74) is 13.8. The van der Waals surface area contributed by atoms with Gasteiger partial charge in [0.2, 0.25) is 0 Å². The second-order valence-corrected chi connectivity index (χ2v) is 24.6. The molecular formula is C67H53N4OPtSi-3. The summed E-state index contributed by atoms with van der Waals surface area (Å²) in [6.07, 6.45) is 1.94. The molecular weight excluding hydrogens is 1100 g/mol. The molecule has 5 nitrogen and oxygen atoms in total. The van der Waals surface area contributed by atoms with Crippen molar-refractivity contribution in [2.75, 3.05) is 10.2 Å². The van der Waals surface area contributed by atoms with Crippen molar-refractivity contribution in [3.05, 3.63) is 248 Å². The number of rotatable bonds is 9. The standard InChI is InChI=1S/C67H53N4OSi.Pt/c1-66(2,3)46-38-39-68-62(40-46)71-56-34-21-37-60-63(56)64-57(71)42-49(43-61(64)73(60)58-35-17-13-30-52(58)67(4,5)53-31-14-18-36-59(53)73)72-48-27-19-26-47(41-48)69-54-32-15-16-33-55(54)70(6)65-50(44-22-9-7-10-23-44)28-20-29-51(65)45-24-11-8-12-25-45;/h7-40,43,69H,6H2,1-5H3;/q-3;. The molecule has 0 fully saturated rings. The van der Waals surface area contributed by atoms with Crippen molar-refractivity contribution < 1.29 is 25.8 Å². The second-order valence-electron chi connectivity index (χ2n) is 21.0. The minimum Gasteiger partial charge on any atom is -0.509 e. The first-order valence-electron chi connectivity index (χ1n) is 25.1. The Morgan fingerprint density at radius 3 is 1.86 bits per heavy atom. The van der Waals surface area contributed by atoms with Gasteiger partial charge in [0.05, 0.1) is 5.69 Å². The van der Waals surface area contributed by atoms with Crippen LogP contribution in [0.5, 0.6) is 11.5 Å². The number of nitrogens with one attached hydrogen (secondary N) is 1. The third-order valence-electron chi connectivity index (χ3n) is 15.4.